The summed E-state index contributed by atoms with van der Waals surface area (Å²) in [6.45, 7) is 11.1. The van der Waals surface area contributed by atoms with E-state index >= 15 is 0 Å². The van der Waals surface area contributed by atoms with E-state index in [1.165, 1.54) is 11.1 Å². The van der Waals surface area contributed by atoms with Crippen LogP contribution in [0.25, 0.3) is 0 Å². The predicted octanol–water partition coefficient (Wildman–Crippen LogP) is 1.87. The number of nitrogens with one attached hydrogen (secondary N) is 1. The third kappa shape index (κ3) is 1.29. The topological polar surface area (TPSA) is 12.0 Å². The summed E-state index contributed by atoms with van der Waals surface area (Å²) in [5.74, 6) is 0. The molecule has 1 N–H and O–H groups in total. The number of rotatable bonds is 2. The molecule has 1 aliphatic carbocycles. The molecule has 0 heterocycles. The monoisotopic (exact) mass is 137 g/mol. The highest BCUT2D eigenvalue weighted by molar-refractivity contribution is 5.28. The van der Waals surface area contributed by atoms with E-state index in [1.807, 2.05) is 0 Å². The van der Waals surface area contributed by atoms with E-state index in [0.717, 1.165) is 19.4 Å². The van der Waals surface area contributed by atoms with Crippen molar-refractivity contribution in [3.8, 4) is 0 Å². The van der Waals surface area contributed by atoms with Crippen LogP contribution in [-0.2, 0) is 0 Å². The maximum Gasteiger partial charge on any atom is 0.0490 e. The van der Waals surface area contributed by atoms with E-state index in [-0.39, 0.29) is 0 Å². The van der Waals surface area contributed by atoms with Crippen molar-refractivity contribution in [2.45, 2.75) is 25.8 Å². The molecule has 1 rings (SSSR count). The summed E-state index contributed by atoms with van der Waals surface area (Å²) >= 11 is 0. The molecule has 10 heavy (non-hydrogen) atoms. The van der Waals surface area contributed by atoms with Crippen LogP contribution in [0.2, 0.25) is 0 Å². The molecule has 1 fully saturated rings. The molecule has 0 radical (unpaired) electrons. The van der Waals surface area contributed by atoms with Crippen molar-refractivity contribution in [3.05, 3.63) is 24.3 Å². The van der Waals surface area contributed by atoms with Gasteiger partial charge >= 0.3 is 0 Å². The first kappa shape index (κ1) is 7.55. The number of hydrogen-bond donors (Lipinski definition) is 1. The molecule has 0 aromatic carbocycles. The molecular formula is C9H15N. The van der Waals surface area contributed by atoms with Crippen molar-refractivity contribution in [2.75, 3.05) is 6.54 Å². The highest BCUT2D eigenvalue weighted by atomic mass is 14.9. The highest BCUT2D eigenvalue weighted by Crippen LogP contribution is 2.26. The summed E-state index contributed by atoms with van der Waals surface area (Å²) in [6.07, 6.45) is 2.24. The van der Waals surface area contributed by atoms with Crippen LogP contribution in [0.1, 0.15) is 19.8 Å². The molecule has 1 aliphatic rings. The lowest BCUT2D eigenvalue weighted by Crippen LogP contribution is -2.28. The van der Waals surface area contributed by atoms with Gasteiger partial charge in [0.2, 0.25) is 0 Å². The lowest BCUT2D eigenvalue weighted by atomic mass is 10.1. The van der Waals surface area contributed by atoms with E-state index in [9.17, 15) is 0 Å². The Morgan fingerprint density at radius 1 is 1.40 bits per heavy atom. The Morgan fingerprint density at radius 2 is 1.90 bits per heavy atom. The molecule has 0 aromatic heterocycles. The second-order valence-corrected chi connectivity index (χ2v) is 2.81. The zero-order chi connectivity index (χ0) is 7.56. The number of hydrogen-bond acceptors (Lipinski definition) is 1. The van der Waals surface area contributed by atoms with E-state index in [0.29, 0.717) is 6.04 Å². The molecule has 0 aromatic rings. The lowest BCUT2D eigenvalue weighted by Gasteiger charge is -2.12. The molecule has 0 bridgehead atoms. The fourth-order valence-corrected chi connectivity index (χ4v) is 1.39. The first-order valence-corrected chi connectivity index (χ1v) is 3.84. The first-order valence-electron chi connectivity index (χ1n) is 3.84. The van der Waals surface area contributed by atoms with Gasteiger partial charge in [0.25, 0.3) is 0 Å². The molecule has 0 unspecified atom stereocenters. The first-order chi connectivity index (χ1) is 4.75. The zero-order valence-electron chi connectivity index (χ0n) is 6.61. The van der Waals surface area contributed by atoms with Gasteiger partial charge in [-0.15, -0.1) is 0 Å². The van der Waals surface area contributed by atoms with Crippen LogP contribution < -0.4 is 5.32 Å². The van der Waals surface area contributed by atoms with Gasteiger partial charge in [-0.1, -0.05) is 31.2 Å². The standard InChI is InChI=1S/C9H15N/c1-4-10-9-7(2)5-6-8(9)3/h9-10H,2-6H2,1H3. The van der Waals surface area contributed by atoms with Crippen molar-refractivity contribution >= 4 is 0 Å². The van der Waals surface area contributed by atoms with Crippen LogP contribution in [0.5, 0.6) is 0 Å². The molecule has 0 atom stereocenters. The molecule has 0 amide bonds. The van der Waals surface area contributed by atoms with Crippen LogP contribution >= 0.6 is 0 Å². The van der Waals surface area contributed by atoms with Gasteiger partial charge < -0.3 is 5.32 Å². The fraction of sp³-hybridized carbons (Fsp3) is 0.556. The van der Waals surface area contributed by atoms with Gasteiger partial charge in [-0.2, -0.15) is 0 Å². The number of likely N-dealkylation sites (N-methyl/N-ethyl adjacent to an activating group) is 1. The Hall–Kier alpha value is -0.560. The minimum Gasteiger partial charge on any atom is -0.307 e. The van der Waals surface area contributed by atoms with Crippen molar-refractivity contribution in [1.82, 2.24) is 5.32 Å². The van der Waals surface area contributed by atoms with Gasteiger partial charge in [0.05, 0.1) is 0 Å². The third-order valence-corrected chi connectivity index (χ3v) is 1.99. The molecule has 0 saturated heterocycles. The zero-order valence-corrected chi connectivity index (χ0v) is 6.61. The molecule has 0 spiro atoms. The summed E-state index contributed by atoms with van der Waals surface area (Å²) in [5, 5.41) is 3.34. The Balaban J connectivity index is 2.54. The quantitative estimate of drug-likeness (QED) is 0.573. The minimum atomic E-state index is 0.407. The second kappa shape index (κ2) is 3.02. The van der Waals surface area contributed by atoms with Crippen LogP contribution in [0.4, 0.5) is 0 Å². The maximum atomic E-state index is 3.98. The Labute approximate surface area is 62.8 Å². The van der Waals surface area contributed by atoms with E-state index in [2.05, 4.69) is 25.4 Å². The Bertz CT molecular complexity index is 142. The van der Waals surface area contributed by atoms with E-state index < -0.39 is 0 Å². The average Bonchev–Trinajstić information content (AvgIpc) is 2.20. The normalized spacial score (nSPS) is 20.5. The Morgan fingerprint density at radius 3 is 2.30 bits per heavy atom. The SMILES string of the molecule is C=C1CCC(=C)C1NCC. The van der Waals surface area contributed by atoms with Crippen molar-refractivity contribution in [2.24, 2.45) is 0 Å². The van der Waals surface area contributed by atoms with Gasteiger partial charge in [-0.05, 0) is 19.4 Å². The van der Waals surface area contributed by atoms with Crippen molar-refractivity contribution in [3.63, 3.8) is 0 Å². The van der Waals surface area contributed by atoms with Gasteiger partial charge in [0.15, 0.2) is 0 Å². The molecule has 0 aliphatic heterocycles. The van der Waals surface area contributed by atoms with Gasteiger partial charge in [0, 0.05) is 6.04 Å². The van der Waals surface area contributed by atoms with Gasteiger partial charge in [-0.25, -0.2) is 0 Å². The summed E-state index contributed by atoms with van der Waals surface area (Å²) in [4.78, 5) is 0. The summed E-state index contributed by atoms with van der Waals surface area (Å²) in [7, 11) is 0. The second-order valence-electron chi connectivity index (χ2n) is 2.81. The largest absolute Gasteiger partial charge is 0.307 e. The molecule has 56 valence electrons. The van der Waals surface area contributed by atoms with Crippen LogP contribution in [0.15, 0.2) is 24.3 Å². The predicted molar refractivity (Wildman–Crippen MR) is 45.0 cm³/mol. The van der Waals surface area contributed by atoms with E-state index in [1.54, 1.807) is 0 Å². The van der Waals surface area contributed by atoms with Crippen molar-refractivity contribution < 1.29 is 0 Å². The minimum absolute atomic E-state index is 0.407. The molecule has 1 heteroatoms. The smallest absolute Gasteiger partial charge is 0.0490 e. The summed E-state index contributed by atoms with van der Waals surface area (Å²) in [5.41, 5.74) is 2.60. The third-order valence-electron chi connectivity index (χ3n) is 1.99. The Kier molecular flexibility index (Phi) is 2.28. The van der Waals surface area contributed by atoms with Crippen LogP contribution in [0.3, 0.4) is 0 Å². The van der Waals surface area contributed by atoms with Crippen LogP contribution in [-0.4, -0.2) is 12.6 Å². The fourth-order valence-electron chi connectivity index (χ4n) is 1.39. The highest BCUT2D eigenvalue weighted by Gasteiger charge is 2.20. The van der Waals surface area contributed by atoms with Gasteiger partial charge in [-0.3, -0.25) is 0 Å². The van der Waals surface area contributed by atoms with Gasteiger partial charge in [0.1, 0.15) is 0 Å². The summed E-state index contributed by atoms with van der Waals surface area (Å²) in [6, 6.07) is 0.407. The molecule has 1 saturated carbocycles. The van der Waals surface area contributed by atoms with Crippen LogP contribution in [0, 0.1) is 0 Å². The molecule has 1 nitrogen and oxygen atoms in total. The van der Waals surface area contributed by atoms with Crippen molar-refractivity contribution in [1.29, 1.82) is 0 Å². The lowest BCUT2D eigenvalue weighted by molar-refractivity contribution is 0.678. The summed E-state index contributed by atoms with van der Waals surface area (Å²) < 4.78 is 0. The average molecular weight is 137 g/mol. The molecular weight excluding hydrogens is 122 g/mol. The maximum absolute atomic E-state index is 3.98. The van der Waals surface area contributed by atoms with E-state index in [4.69, 9.17) is 0 Å².